The summed E-state index contributed by atoms with van der Waals surface area (Å²) in [5.74, 6) is -1.21. The summed E-state index contributed by atoms with van der Waals surface area (Å²) < 4.78 is 0. The van der Waals surface area contributed by atoms with E-state index in [-0.39, 0.29) is 72.9 Å². The monoisotopic (exact) mass is 647 g/mol. The van der Waals surface area contributed by atoms with Crippen molar-refractivity contribution in [3.8, 4) is 0 Å². The Labute approximate surface area is 265 Å². The third kappa shape index (κ3) is 9.55. The molecule has 4 bridgehead atoms. The van der Waals surface area contributed by atoms with E-state index in [2.05, 4.69) is 25.9 Å². The van der Waals surface area contributed by atoms with Crippen LogP contribution in [0.25, 0.3) is 0 Å². The van der Waals surface area contributed by atoms with Gasteiger partial charge in [0, 0.05) is 30.3 Å². The van der Waals surface area contributed by atoms with Crippen LogP contribution in [0.4, 0.5) is 0 Å². The molecule has 0 radical (unpaired) electrons. The zero-order chi connectivity index (χ0) is 30.1. The van der Waals surface area contributed by atoms with Crippen LogP contribution < -0.4 is 21.7 Å². The second-order valence-electron chi connectivity index (χ2n) is 10.5. The van der Waals surface area contributed by atoms with Crippen LogP contribution in [0.5, 0.6) is 0 Å². The number of hydrogen-bond acceptors (Lipinski definition) is 9. The van der Waals surface area contributed by atoms with Gasteiger partial charge in [0.05, 0.1) is 18.6 Å². The number of thiazole rings is 2. The number of carbonyl (C=O) groups is 4. The molecule has 0 saturated carbocycles. The van der Waals surface area contributed by atoms with E-state index in [9.17, 15) is 19.2 Å². The van der Waals surface area contributed by atoms with E-state index < -0.39 is 12.1 Å². The molecule has 1 unspecified atom stereocenters. The van der Waals surface area contributed by atoms with Crippen LogP contribution >= 0.6 is 35.1 Å². The van der Waals surface area contributed by atoms with Crippen LogP contribution in [0.3, 0.4) is 0 Å². The van der Waals surface area contributed by atoms with Gasteiger partial charge in [-0.05, 0) is 37.3 Å². The standard InChI is InChI=1S/C29H37N7O4S2.ClH/c1-18(2)25-29-34-21(16-42-29)26(39)31-12-7-13-36(24(38)10-6-11-30)15-23(37)32-20(14-19-8-4-3-5-9-19)28-33-22(17-41-28)27(40)35-25;/h3-5,8-9,16-18,20,25H,6-7,10-15,30H2,1-2H3,(H,31,39)(H,32,37)(H,35,40);1H/t20?,25-;/m0./s1. The van der Waals surface area contributed by atoms with Crippen molar-refractivity contribution in [2.45, 2.75) is 51.6 Å². The van der Waals surface area contributed by atoms with Gasteiger partial charge in [-0.25, -0.2) is 9.97 Å². The van der Waals surface area contributed by atoms with Crippen molar-refractivity contribution in [2.75, 3.05) is 26.2 Å². The predicted molar refractivity (Wildman–Crippen MR) is 169 cm³/mol. The molecule has 5 N–H and O–H groups in total. The number of nitrogens with zero attached hydrogens (tertiary/aromatic N) is 3. The maximum atomic E-state index is 13.3. The number of nitrogens with two attached hydrogens (primary N) is 1. The summed E-state index contributed by atoms with van der Waals surface area (Å²) >= 11 is 2.61. The summed E-state index contributed by atoms with van der Waals surface area (Å²) in [6.45, 7) is 4.76. The molecule has 1 aliphatic rings. The van der Waals surface area contributed by atoms with E-state index in [1.165, 1.54) is 27.6 Å². The molecular weight excluding hydrogens is 610 g/mol. The highest BCUT2D eigenvalue weighted by Gasteiger charge is 2.27. The lowest BCUT2D eigenvalue weighted by Crippen LogP contribution is -2.43. The van der Waals surface area contributed by atoms with Crippen molar-refractivity contribution in [2.24, 2.45) is 11.7 Å². The molecule has 14 heteroatoms. The van der Waals surface area contributed by atoms with Gasteiger partial charge in [0.2, 0.25) is 11.8 Å². The molecule has 2 atom stereocenters. The molecule has 2 aromatic heterocycles. The minimum Gasteiger partial charge on any atom is -0.351 e. The van der Waals surface area contributed by atoms with E-state index in [0.717, 1.165) is 5.56 Å². The molecule has 3 heterocycles. The lowest BCUT2D eigenvalue weighted by Gasteiger charge is -2.24. The smallest absolute Gasteiger partial charge is 0.271 e. The Balaban J connectivity index is 0.00000506. The first kappa shape index (κ1) is 34.1. The molecule has 43 heavy (non-hydrogen) atoms. The first-order chi connectivity index (χ1) is 20.2. The summed E-state index contributed by atoms with van der Waals surface area (Å²) in [6.07, 6.45) is 1.66. The zero-order valence-corrected chi connectivity index (χ0v) is 26.7. The summed E-state index contributed by atoms with van der Waals surface area (Å²) in [7, 11) is 0. The van der Waals surface area contributed by atoms with Crippen molar-refractivity contribution in [3.05, 3.63) is 68.1 Å². The Morgan fingerprint density at radius 3 is 2.40 bits per heavy atom. The molecule has 4 rings (SSSR count). The van der Waals surface area contributed by atoms with E-state index in [0.29, 0.717) is 42.4 Å². The lowest BCUT2D eigenvalue weighted by molar-refractivity contribution is -0.136. The average Bonchev–Trinajstić information content (AvgIpc) is 3.66. The molecule has 11 nitrogen and oxygen atoms in total. The van der Waals surface area contributed by atoms with Crippen LogP contribution in [0, 0.1) is 5.92 Å². The van der Waals surface area contributed by atoms with Gasteiger partial charge in [0.15, 0.2) is 0 Å². The van der Waals surface area contributed by atoms with Gasteiger partial charge in [0.1, 0.15) is 21.4 Å². The van der Waals surface area contributed by atoms with Crippen LogP contribution in [0.1, 0.15) is 81.7 Å². The molecule has 3 aromatic rings. The van der Waals surface area contributed by atoms with E-state index in [1.54, 1.807) is 10.8 Å². The highest BCUT2D eigenvalue weighted by atomic mass is 35.5. The third-order valence-corrected chi connectivity index (χ3v) is 8.70. The van der Waals surface area contributed by atoms with E-state index >= 15 is 0 Å². The summed E-state index contributed by atoms with van der Waals surface area (Å²) in [4.78, 5) is 63.0. The fourth-order valence-electron chi connectivity index (χ4n) is 4.54. The SMILES string of the molecule is CC(C)[C@@H]1NC(=O)c2csc(n2)C(Cc2ccccc2)NC(=O)CN(C(=O)CCCN)CCCNC(=O)c2csc1n2.Cl. The maximum Gasteiger partial charge on any atom is 0.271 e. The fraction of sp³-hybridized carbons (Fsp3) is 0.448. The quantitative estimate of drug-likeness (QED) is 0.320. The first-order valence-electron chi connectivity index (χ1n) is 14.1. The van der Waals surface area contributed by atoms with Gasteiger partial charge in [0.25, 0.3) is 11.8 Å². The van der Waals surface area contributed by atoms with Gasteiger partial charge in [-0.15, -0.1) is 35.1 Å². The van der Waals surface area contributed by atoms with Crippen molar-refractivity contribution in [3.63, 3.8) is 0 Å². The van der Waals surface area contributed by atoms with Gasteiger partial charge >= 0.3 is 0 Å². The molecule has 1 aliphatic heterocycles. The number of amides is 4. The van der Waals surface area contributed by atoms with Gasteiger partial charge in [-0.3, -0.25) is 19.2 Å². The number of rotatable bonds is 6. The van der Waals surface area contributed by atoms with Crippen molar-refractivity contribution >= 4 is 58.7 Å². The highest BCUT2D eigenvalue weighted by Crippen LogP contribution is 2.27. The molecule has 0 saturated heterocycles. The average molecular weight is 648 g/mol. The molecule has 1 aromatic carbocycles. The second kappa shape index (κ2) is 16.5. The molecule has 0 spiro atoms. The molecule has 232 valence electrons. The number of fused-ring (bicyclic) bond motifs is 4. The van der Waals surface area contributed by atoms with Gasteiger partial charge in [-0.1, -0.05) is 44.2 Å². The highest BCUT2D eigenvalue weighted by molar-refractivity contribution is 7.10. The van der Waals surface area contributed by atoms with Crippen LogP contribution in [0.2, 0.25) is 0 Å². The Morgan fingerprint density at radius 2 is 1.70 bits per heavy atom. The fourth-order valence-corrected chi connectivity index (χ4v) is 6.41. The minimum atomic E-state index is -0.503. The number of nitrogens with one attached hydrogen (secondary N) is 3. The first-order valence-corrected chi connectivity index (χ1v) is 15.8. The van der Waals surface area contributed by atoms with Crippen LogP contribution in [-0.2, 0) is 16.0 Å². The third-order valence-electron chi connectivity index (χ3n) is 6.82. The molecule has 4 amide bonds. The normalized spacial score (nSPS) is 18.4. The lowest BCUT2D eigenvalue weighted by atomic mass is 10.0. The van der Waals surface area contributed by atoms with Gasteiger partial charge in [-0.2, -0.15) is 0 Å². The number of benzene rings is 1. The summed E-state index contributed by atoms with van der Waals surface area (Å²) in [5.41, 5.74) is 7.11. The van der Waals surface area contributed by atoms with Crippen molar-refractivity contribution in [1.82, 2.24) is 30.8 Å². The van der Waals surface area contributed by atoms with Crippen molar-refractivity contribution in [1.29, 1.82) is 0 Å². The second-order valence-corrected chi connectivity index (χ2v) is 12.2. The molecular formula is C29H38ClN7O4S2. The molecule has 0 aliphatic carbocycles. The van der Waals surface area contributed by atoms with Crippen LogP contribution in [-0.4, -0.2) is 64.7 Å². The van der Waals surface area contributed by atoms with Crippen LogP contribution in [0.15, 0.2) is 41.1 Å². The number of aromatic nitrogens is 2. The topological polar surface area (TPSA) is 159 Å². The Kier molecular flexibility index (Phi) is 13.1. The largest absolute Gasteiger partial charge is 0.351 e. The zero-order valence-electron chi connectivity index (χ0n) is 24.2. The number of halogens is 1. The Morgan fingerprint density at radius 1 is 1.02 bits per heavy atom. The Hall–Kier alpha value is -3.39. The predicted octanol–water partition coefficient (Wildman–Crippen LogP) is 3.25. The maximum absolute atomic E-state index is 13.3. The number of carbonyl (C=O) groups excluding carboxylic acids is 4. The molecule has 0 fully saturated rings. The Bertz CT molecular complexity index is 1380. The van der Waals surface area contributed by atoms with E-state index in [4.69, 9.17) is 5.73 Å². The van der Waals surface area contributed by atoms with E-state index in [1.807, 2.05) is 44.2 Å². The minimum absolute atomic E-state index is 0. The van der Waals surface area contributed by atoms with Crippen molar-refractivity contribution < 1.29 is 19.2 Å². The summed E-state index contributed by atoms with van der Waals surface area (Å²) in [5, 5.41) is 13.5. The summed E-state index contributed by atoms with van der Waals surface area (Å²) in [6, 6.07) is 8.79. The van der Waals surface area contributed by atoms with Gasteiger partial charge < -0.3 is 26.6 Å². The number of hydrogen-bond donors (Lipinski definition) is 4.